The first-order valence-electron chi connectivity index (χ1n) is 6.86. The number of nitrogens with zero attached hydrogens (tertiary/aromatic N) is 1. The molecule has 16 heavy (non-hydrogen) atoms. The lowest BCUT2D eigenvalue weighted by Crippen LogP contribution is -1.97. The third-order valence-corrected chi connectivity index (χ3v) is 2.72. The maximum absolute atomic E-state index is 8.35. The molecule has 0 fully saturated rings. The molecule has 0 aromatic rings. The molecule has 0 saturated heterocycles. The van der Waals surface area contributed by atoms with E-state index in [9.17, 15) is 0 Å². The van der Waals surface area contributed by atoms with Crippen LogP contribution in [0.4, 0.5) is 0 Å². The highest BCUT2D eigenvalue weighted by atomic mass is 16.5. The van der Waals surface area contributed by atoms with E-state index in [0.717, 1.165) is 32.5 Å². The third-order valence-electron chi connectivity index (χ3n) is 2.72. The second-order valence-corrected chi connectivity index (χ2v) is 4.35. The van der Waals surface area contributed by atoms with Crippen molar-refractivity contribution < 1.29 is 4.74 Å². The van der Waals surface area contributed by atoms with Crippen LogP contribution in [0.3, 0.4) is 0 Å². The monoisotopic (exact) mass is 225 g/mol. The van der Waals surface area contributed by atoms with E-state index < -0.39 is 0 Å². The molecule has 0 aliphatic heterocycles. The summed E-state index contributed by atoms with van der Waals surface area (Å²) in [7, 11) is 0. The van der Waals surface area contributed by atoms with Crippen LogP contribution >= 0.6 is 0 Å². The van der Waals surface area contributed by atoms with Gasteiger partial charge in [0.2, 0.25) is 0 Å². The van der Waals surface area contributed by atoms with E-state index >= 15 is 0 Å². The fourth-order valence-corrected chi connectivity index (χ4v) is 1.67. The molecule has 2 nitrogen and oxygen atoms in total. The molecule has 0 atom stereocenters. The third kappa shape index (κ3) is 13.4. The van der Waals surface area contributed by atoms with Gasteiger partial charge in [-0.2, -0.15) is 5.26 Å². The summed E-state index contributed by atoms with van der Waals surface area (Å²) in [6.45, 7) is 4.04. The van der Waals surface area contributed by atoms with Crippen molar-refractivity contribution in [3.05, 3.63) is 0 Å². The topological polar surface area (TPSA) is 33.0 Å². The van der Waals surface area contributed by atoms with Gasteiger partial charge in [0.1, 0.15) is 0 Å². The van der Waals surface area contributed by atoms with Crippen LogP contribution in [0.5, 0.6) is 0 Å². The molecule has 0 aliphatic rings. The van der Waals surface area contributed by atoms with Crippen LogP contribution in [0.2, 0.25) is 0 Å². The van der Waals surface area contributed by atoms with Crippen molar-refractivity contribution in [1.29, 1.82) is 5.26 Å². The van der Waals surface area contributed by atoms with Crippen molar-refractivity contribution in [2.45, 2.75) is 71.1 Å². The van der Waals surface area contributed by atoms with Crippen molar-refractivity contribution in [1.82, 2.24) is 0 Å². The Morgan fingerprint density at radius 1 is 0.812 bits per heavy atom. The van der Waals surface area contributed by atoms with Crippen LogP contribution in [0.1, 0.15) is 71.1 Å². The SMILES string of the molecule is CCCCCCCCOCCCCCC#N. The largest absolute Gasteiger partial charge is 0.381 e. The number of hydrogen-bond acceptors (Lipinski definition) is 2. The maximum Gasteiger partial charge on any atom is 0.0621 e. The number of ether oxygens (including phenoxy) is 1. The van der Waals surface area contributed by atoms with E-state index in [4.69, 9.17) is 10.00 Å². The minimum absolute atomic E-state index is 0.692. The highest BCUT2D eigenvalue weighted by Crippen LogP contribution is 2.05. The zero-order valence-electron chi connectivity index (χ0n) is 10.8. The van der Waals surface area contributed by atoms with Gasteiger partial charge in [0.25, 0.3) is 0 Å². The molecule has 0 radical (unpaired) electrons. The van der Waals surface area contributed by atoms with Crippen molar-refractivity contribution in [2.24, 2.45) is 0 Å². The van der Waals surface area contributed by atoms with Crippen LogP contribution in [0.15, 0.2) is 0 Å². The molecule has 0 N–H and O–H groups in total. The fourth-order valence-electron chi connectivity index (χ4n) is 1.67. The molecule has 2 heteroatoms. The Bertz CT molecular complexity index is 163. The fraction of sp³-hybridized carbons (Fsp3) is 0.929. The van der Waals surface area contributed by atoms with E-state index in [2.05, 4.69) is 13.0 Å². The molecular formula is C14H27NO. The minimum atomic E-state index is 0.692. The summed E-state index contributed by atoms with van der Waals surface area (Å²) < 4.78 is 5.54. The summed E-state index contributed by atoms with van der Waals surface area (Å²) >= 11 is 0. The average Bonchev–Trinajstić information content (AvgIpc) is 2.31. The van der Waals surface area contributed by atoms with Crippen molar-refractivity contribution in [3.63, 3.8) is 0 Å². The Kier molecular flexibility index (Phi) is 14.0. The van der Waals surface area contributed by atoms with E-state index in [1.807, 2.05) is 0 Å². The van der Waals surface area contributed by atoms with Crippen molar-refractivity contribution in [2.75, 3.05) is 13.2 Å². The van der Waals surface area contributed by atoms with Gasteiger partial charge in [-0.15, -0.1) is 0 Å². The summed E-state index contributed by atoms with van der Waals surface area (Å²) in [4.78, 5) is 0. The Morgan fingerprint density at radius 2 is 1.38 bits per heavy atom. The van der Waals surface area contributed by atoms with Crippen LogP contribution in [-0.2, 0) is 4.74 Å². The van der Waals surface area contributed by atoms with Gasteiger partial charge in [0.15, 0.2) is 0 Å². The predicted molar refractivity (Wildman–Crippen MR) is 68.3 cm³/mol. The van der Waals surface area contributed by atoms with Gasteiger partial charge in [-0.25, -0.2) is 0 Å². The lowest BCUT2D eigenvalue weighted by Gasteiger charge is -2.03. The van der Waals surface area contributed by atoms with Crippen molar-refractivity contribution >= 4 is 0 Å². The number of hydrogen-bond donors (Lipinski definition) is 0. The Hall–Kier alpha value is -0.550. The van der Waals surface area contributed by atoms with Gasteiger partial charge in [-0.1, -0.05) is 45.4 Å². The number of nitriles is 1. The average molecular weight is 225 g/mol. The molecule has 0 rings (SSSR count). The molecule has 94 valence electrons. The van der Waals surface area contributed by atoms with Gasteiger partial charge in [-0.3, -0.25) is 0 Å². The molecular weight excluding hydrogens is 198 g/mol. The van der Waals surface area contributed by atoms with Gasteiger partial charge in [0, 0.05) is 19.6 Å². The first-order chi connectivity index (χ1) is 7.91. The molecule has 0 amide bonds. The predicted octanol–water partition coefficient (Wildman–Crippen LogP) is 4.45. The summed E-state index contributed by atoms with van der Waals surface area (Å²) in [5.74, 6) is 0. The molecule has 0 spiro atoms. The van der Waals surface area contributed by atoms with Crippen molar-refractivity contribution in [3.8, 4) is 6.07 Å². The zero-order chi connectivity index (χ0) is 11.9. The van der Waals surface area contributed by atoms with E-state index in [0.29, 0.717) is 6.42 Å². The lowest BCUT2D eigenvalue weighted by atomic mass is 10.1. The summed E-state index contributed by atoms with van der Waals surface area (Å²) in [6, 6.07) is 2.16. The number of rotatable bonds is 12. The van der Waals surface area contributed by atoms with Crippen LogP contribution in [0, 0.1) is 11.3 Å². The second kappa shape index (κ2) is 14.5. The number of unbranched alkanes of at least 4 members (excludes halogenated alkanes) is 8. The summed E-state index contributed by atoms with van der Waals surface area (Å²) in [5.41, 5.74) is 0. The first kappa shape index (κ1) is 15.4. The molecule has 0 aliphatic carbocycles. The van der Waals surface area contributed by atoms with E-state index in [1.54, 1.807) is 0 Å². The smallest absolute Gasteiger partial charge is 0.0621 e. The standard InChI is InChI=1S/C14H27NO/c1-2-3-4-5-7-10-13-16-14-11-8-6-9-12-15/h2-11,13-14H2,1H3. The molecule has 0 saturated carbocycles. The van der Waals surface area contributed by atoms with Gasteiger partial charge < -0.3 is 4.74 Å². The maximum atomic E-state index is 8.35. The normalized spacial score (nSPS) is 10.2. The molecule has 0 aromatic heterocycles. The van der Waals surface area contributed by atoms with Gasteiger partial charge in [0.05, 0.1) is 6.07 Å². The molecule has 0 aromatic carbocycles. The Balaban J connectivity index is 2.86. The van der Waals surface area contributed by atoms with E-state index in [-0.39, 0.29) is 0 Å². The summed E-state index contributed by atoms with van der Waals surface area (Å²) in [5, 5.41) is 8.35. The van der Waals surface area contributed by atoms with Gasteiger partial charge >= 0.3 is 0 Å². The van der Waals surface area contributed by atoms with Crippen LogP contribution in [0.25, 0.3) is 0 Å². The lowest BCUT2D eigenvalue weighted by molar-refractivity contribution is 0.126. The quantitative estimate of drug-likeness (QED) is 0.460. The highest BCUT2D eigenvalue weighted by molar-refractivity contribution is 4.67. The van der Waals surface area contributed by atoms with Crippen LogP contribution < -0.4 is 0 Å². The van der Waals surface area contributed by atoms with Gasteiger partial charge in [-0.05, 0) is 19.3 Å². The Labute approximate surface area is 101 Å². The van der Waals surface area contributed by atoms with E-state index in [1.165, 1.54) is 38.5 Å². The zero-order valence-corrected chi connectivity index (χ0v) is 10.8. The molecule has 0 unspecified atom stereocenters. The second-order valence-electron chi connectivity index (χ2n) is 4.35. The van der Waals surface area contributed by atoms with Crippen LogP contribution in [-0.4, -0.2) is 13.2 Å². The minimum Gasteiger partial charge on any atom is -0.381 e. The highest BCUT2D eigenvalue weighted by Gasteiger charge is 1.92. The summed E-state index contributed by atoms with van der Waals surface area (Å²) in [6.07, 6.45) is 11.9. The molecule has 0 bridgehead atoms. The molecule has 0 heterocycles. The Morgan fingerprint density at radius 3 is 2.00 bits per heavy atom. The first-order valence-corrected chi connectivity index (χ1v) is 6.86.